The molecule has 1 N–H and O–H groups in total. The number of rotatable bonds is 3. The van der Waals surface area contributed by atoms with Crippen molar-refractivity contribution in [3.63, 3.8) is 0 Å². The molecule has 0 aliphatic heterocycles. The summed E-state index contributed by atoms with van der Waals surface area (Å²) in [5, 5.41) is 10.3. The first-order valence-corrected chi connectivity index (χ1v) is 6.91. The maximum atomic E-state index is 11.6. The molecule has 3 aromatic rings. The summed E-state index contributed by atoms with van der Waals surface area (Å²) in [6.07, 6.45) is 0. The molecule has 0 aliphatic carbocycles. The van der Waals surface area contributed by atoms with E-state index in [4.69, 9.17) is 4.74 Å². The maximum Gasteiger partial charge on any atom is 0.337 e. The number of aromatic carboxylic acids is 1. The fourth-order valence-corrected chi connectivity index (χ4v) is 3.44. The van der Waals surface area contributed by atoms with Gasteiger partial charge in [-0.1, -0.05) is 30.3 Å². The van der Waals surface area contributed by atoms with Gasteiger partial charge in [0.15, 0.2) is 0 Å². The summed E-state index contributed by atoms with van der Waals surface area (Å²) in [5.74, 6) is -0.171. The summed E-state index contributed by atoms with van der Waals surface area (Å²) < 4.78 is 6.11. The molecule has 0 radical (unpaired) electrons. The van der Waals surface area contributed by atoms with Crippen molar-refractivity contribution in [2.24, 2.45) is 0 Å². The minimum atomic E-state index is -0.903. The van der Waals surface area contributed by atoms with Crippen LogP contribution in [0.1, 0.15) is 10.4 Å². The Labute approximate surface area is 120 Å². The Hall–Kier alpha value is -2.33. The second-order valence-electron chi connectivity index (χ2n) is 4.34. The van der Waals surface area contributed by atoms with Crippen LogP contribution in [0.3, 0.4) is 0 Å². The lowest BCUT2D eigenvalue weighted by atomic mass is 10.1. The van der Waals surface area contributed by atoms with Crippen LogP contribution in [0, 0.1) is 0 Å². The van der Waals surface area contributed by atoms with E-state index in [0.717, 1.165) is 26.3 Å². The number of benzene rings is 2. The molecule has 1 heterocycles. The molecule has 0 unspecified atom stereocenters. The zero-order chi connectivity index (χ0) is 14.1. The number of carbonyl (C=O) groups is 1. The van der Waals surface area contributed by atoms with Gasteiger partial charge in [-0.2, -0.15) is 0 Å². The quantitative estimate of drug-likeness (QED) is 0.781. The van der Waals surface area contributed by atoms with Crippen molar-refractivity contribution < 1.29 is 14.6 Å². The van der Waals surface area contributed by atoms with Gasteiger partial charge in [0.05, 0.1) is 17.6 Å². The van der Waals surface area contributed by atoms with Gasteiger partial charge in [-0.25, -0.2) is 4.79 Å². The molecule has 3 nitrogen and oxygen atoms in total. The average Bonchev–Trinajstić information content (AvgIpc) is 2.86. The molecule has 20 heavy (non-hydrogen) atoms. The van der Waals surface area contributed by atoms with Gasteiger partial charge in [-0.05, 0) is 23.8 Å². The predicted octanol–water partition coefficient (Wildman–Crippen LogP) is 4.28. The SMILES string of the molecule is COc1ccc2c(C(=O)O)c(-c3ccccc3)sc2c1. The van der Waals surface area contributed by atoms with Crippen LogP contribution in [0.15, 0.2) is 48.5 Å². The van der Waals surface area contributed by atoms with E-state index in [9.17, 15) is 9.90 Å². The van der Waals surface area contributed by atoms with Crippen molar-refractivity contribution in [2.75, 3.05) is 7.11 Å². The minimum Gasteiger partial charge on any atom is -0.497 e. The van der Waals surface area contributed by atoms with E-state index in [1.165, 1.54) is 11.3 Å². The first-order chi connectivity index (χ1) is 9.70. The molecule has 1 aromatic heterocycles. The molecule has 3 rings (SSSR count). The minimum absolute atomic E-state index is 0.360. The van der Waals surface area contributed by atoms with E-state index in [0.29, 0.717) is 5.56 Å². The first-order valence-electron chi connectivity index (χ1n) is 6.10. The molecule has 0 saturated heterocycles. The van der Waals surface area contributed by atoms with Crippen LogP contribution in [0.4, 0.5) is 0 Å². The van der Waals surface area contributed by atoms with Crippen LogP contribution in [0.25, 0.3) is 20.5 Å². The predicted molar refractivity (Wildman–Crippen MR) is 80.8 cm³/mol. The Morgan fingerprint density at radius 3 is 2.55 bits per heavy atom. The monoisotopic (exact) mass is 284 g/mol. The smallest absolute Gasteiger partial charge is 0.337 e. The molecule has 2 aromatic carbocycles. The van der Waals surface area contributed by atoms with Gasteiger partial charge in [0.1, 0.15) is 5.75 Å². The average molecular weight is 284 g/mol. The fraction of sp³-hybridized carbons (Fsp3) is 0.0625. The molecule has 0 amide bonds. The Bertz CT molecular complexity index is 775. The molecular formula is C16H12O3S. The molecule has 0 bridgehead atoms. The standard InChI is InChI=1S/C16H12O3S/c1-19-11-7-8-12-13(9-11)20-15(14(12)16(17)18)10-5-3-2-4-6-10/h2-9H,1H3,(H,17,18). The van der Waals surface area contributed by atoms with Crippen LogP contribution >= 0.6 is 11.3 Å². The van der Waals surface area contributed by atoms with Crippen molar-refractivity contribution in [3.05, 3.63) is 54.1 Å². The second kappa shape index (κ2) is 4.98. The van der Waals surface area contributed by atoms with Crippen LogP contribution in [-0.4, -0.2) is 18.2 Å². The number of carboxylic acids is 1. The summed E-state index contributed by atoms with van der Waals surface area (Å²) in [6.45, 7) is 0. The molecular weight excluding hydrogens is 272 g/mol. The Kier molecular flexibility index (Phi) is 3.16. The third-order valence-corrected chi connectivity index (χ3v) is 4.35. The molecule has 100 valence electrons. The Morgan fingerprint density at radius 2 is 1.90 bits per heavy atom. The largest absolute Gasteiger partial charge is 0.497 e. The lowest BCUT2D eigenvalue weighted by molar-refractivity contribution is 0.0700. The maximum absolute atomic E-state index is 11.6. The highest BCUT2D eigenvalue weighted by molar-refractivity contribution is 7.22. The molecule has 0 aliphatic rings. The van der Waals surface area contributed by atoms with Crippen LogP contribution in [0.5, 0.6) is 5.75 Å². The van der Waals surface area contributed by atoms with Gasteiger partial charge in [-0.3, -0.25) is 0 Å². The topological polar surface area (TPSA) is 46.5 Å². The molecule has 0 fully saturated rings. The van der Waals surface area contributed by atoms with E-state index in [2.05, 4.69) is 0 Å². The van der Waals surface area contributed by atoms with Crippen molar-refractivity contribution in [2.45, 2.75) is 0 Å². The summed E-state index contributed by atoms with van der Waals surface area (Å²) in [7, 11) is 1.60. The fourth-order valence-electron chi connectivity index (χ4n) is 2.21. The normalized spacial score (nSPS) is 10.7. The third-order valence-electron chi connectivity index (χ3n) is 3.15. The summed E-state index contributed by atoms with van der Waals surface area (Å²) >= 11 is 1.47. The van der Waals surface area contributed by atoms with E-state index in [-0.39, 0.29) is 0 Å². The summed E-state index contributed by atoms with van der Waals surface area (Å²) in [5.41, 5.74) is 1.28. The number of thiophene rings is 1. The van der Waals surface area contributed by atoms with Crippen molar-refractivity contribution in [3.8, 4) is 16.2 Å². The van der Waals surface area contributed by atoms with Gasteiger partial charge in [-0.15, -0.1) is 11.3 Å². The molecule has 0 saturated carbocycles. The van der Waals surface area contributed by atoms with Gasteiger partial charge in [0, 0.05) is 10.1 Å². The molecule has 0 atom stereocenters. The summed E-state index contributed by atoms with van der Waals surface area (Å²) in [6, 6.07) is 15.1. The lowest BCUT2D eigenvalue weighted by Gasteiger charge is -2.00. The molecule has 0 spiro atoms. The van der Waals surface area contributed by atoms with Crippen molar-refractivity contribution >= 4 is 27.4 Å². The number of hydrogen-bond acceptors (Lipinski definition) is 3. The third kappa shape index (κ3) is 2.04. The zero-order valence-corrected chi connectivity index (χ0v) is 11.6. The highest BCUT2D eigenvalue weighted by atomic mass is 32.1. The highest BCUT2D eigenvalue weighted by Crippen LogP contribution is 2.39. The van der Waals surface area contributed by atoms with E-state index in [1.54, 1.807) is 19.2 Å². The van der Waals surface area contributed by atoms with Crippen LogP contribution < -0.4 is 4.74 Å². The van der Waals surface area contributed by atoms with E-state index < -0.39 is 5.97 Å². The summed E-state index contributed by atoms with van der Waals surface area (Å²) in [4.78, 5) is 12.4. The number of hydrogen-bond donors (Lipinski definition) is 1. The van der Waals surface area contributed by atoms with Crippen LogP contribution in [0.2, 0.25) is 0 Å². The van der Waals surface area contributed by atoms with Crippen molar-refractivity contribution in [1.29, 1.82) is 0 Å². The first kappa shape index (κ1) is 12.7. The van der Waals surface area contributed by atoms with Gasteiger partial charge in [0.25, 0.3) is 0 Å². The van der Waals surface area contributed by atoms with E-state index >= 15 is 0 Å². The van der Waals surface area contributed by atoms with Gasteiger partial charge < -0.3 is 9.84 Å². The Balaban J connectivity index is 2.31. The lowest BCUT2D eigenvalue weighted by Crippen LogP contribution is -1.96. The van der Waals surface area contributed by atoms with Crippen LogP contribution in [-0.2, 0) is 0 Å². The number of methoxy groups -OCH3 is 1. The van der Waals surface area contributed by atoms with Crippen molar-refractivity contribution in [1.82, 2.24) is 0 Å². The number of ether oxygens (including phenoxy) is 1. The zero-order valence-electron chi connectivity index (χ0n) is 10.8. The number of fused-ring (bicyclic) bond motifs is 1. The number of carboxylic acid groups (broad SMARTS) is 1. The molecule has 4 heteroatoms. The van der Waals surface area contributed by atoms with Gasteiger partial charge >= 0.3 is 5.97 Å². The Morgan fingerprint density at radius 1 is 1.15 bits per heavy atom. The second-order valence-corrected chi connectivity index (χ2v) is 5.39. The highest BCUT2D eigenvalue weighted by Gasteiger charge is 2.19. The van der Waals surface area contributed by atoms with E-state index in [1.807, 2.05) is 36.4 Å². The van der Waals surface area contributed by atoms with Gasteiger partial charge in [0.2, 0.25) is 0 Å².